The van der Waals surface area contributed by atoms with Crippen LogP contribution in [0, 0.1) is 18.8 Å². The molecule has 1 aromatic rings. The number of anilines is 1. The average molecular weight is 448 g/mol. The van der Waals surface area contributed by atoms with Crippen LogP contribution in [0.25, 0.3) is 0 Å². The Kier molecular flexibility index (Phi) is 6.05. The molecule has 0 bridgehead atoms. The first-order valence-corrected chi connectivity index (χ1v) is 12.7. The van der Waals surface area contributed by atoms with Gasteiger partial charge in [0, 0.05) is 43.7 Å². The number of hydrogen-bond acceptors (Lipinski definition) is 5. The summed E-state index contributed by atoms with van der Waals surface area (Å²) in [5.41, 5.74) is 1.93. The molecule has 0 saturated carbocycles. The molecular weight excluding hydrogens is 418 g/mol. The minimum atomic E-state index is -3.03. The van der Waals surface area contributed by atoms with E-state index >= 15 is 0 Å². The van der Waals surface area contributed by atoms with E-state index in [1.807, 2.05) is 31.2 Å². The van der Waals surface area contributed by atoms with Crippen LogP contribution in [0.4, 0.5) is 5.69 Å². The van der Waals surface area contributed by atoms with Gasteiger partial charge in [0.05, 0.1) is 17.4 Å². The highest BCUT2D eigenvalue weighted by molar-refractivity contribution is 7.91. The van der Waals surface area contributed by atoms with E-state index in [1.54, 1.807) is 9.80 Å². The van der Waals surface area contributed by atoms with Crippen molar-refractivity contribution < 1.29 is 22.8 Å². The summed E-state index contributed by atoms with van der Waals surface area (Å²) >= 11 is 0. The first-order chi connectivity index (χ1) is 14.7. The molecule has 3 heterocycles. The third-order valence-corrected chi connectivity index (χ3v) is 8.34. The number of likely N-dealkylation sites (tertiary alicyclic amines) is 1. The van der Waals surface area contributed by atoms with E-state index in [0.717, 1.165) is 11.3 Å². The topological polar surface area (TPSA) is 104 Å². The molecule has 31 heavy (non-hydrogen) atoms. The lowest BCUT2D eigenvalue weighted by Crippen LogP contribution is -2.47. The van der Waals surface area contributed by atoms with Crippen molar-refractivity contribution in [3.05, 3.63) is 29.8 Å². The van der Waals surface area contributed by atoms with Gasteiger partial charge < -0.3 is 15.1 Å². The molecule has 3 aliphatic heterocycles. The Morgan fingerprint density at radius 2 is 1.71 bits per heavy atom. The molecule has 0 aromatic heterocycles. The van der Waals surface area contributed by atoms with E-state index in [0.29, 0.717) is 38.9 Å². The number of nitrogens with zero attached hydrogens (tertiary/aromatic N) is 2. The monoisotopic (exact) mass is 447 g/mol. The van der Waals surface area contributed by atoms with Crippen molar-refractivity contribution in [2.24, 2.45) is 11.8 Å². The number of benzene rings is 1. The zero-order valence-electron chi connectivity index (χ0n) is 17.7. The van der Waals surface area contributed by atoms with Crippen molar-refractivity contribution in [3.63, 3.8) is 0 Å². The number of amides is 3. The minimum absolute atomic E-state index is 0.0171. The number of nitrogens with one attached hydrogen (secondary N) is 1. The van der Waals surface area contributed by atoms with E-state index in [-0.39, 0.29) is 53.5 Å². The third-order valence-electron chi connectivity index (χ3n) is 6.58. The van der Waals surface area contributed by atoms with Crippen LogP contribution in [-0.2, 0) is 24.2 Å². The van der Waals surface area contributed by atoms with E-state index < -0.39 is 9.84 Å². The Morgan fingerprint density at radius 1 is 1.03 bits per heavy atom. The van der Waals surface area contributed by atoms with Crippen molar-refractivity contribution in [1.29, 1.82) is 0 Å². The number of aryl methyl sites for hydroxylation is 1. The number of rotatable bonds is 4. The maximum absolute atomic E-state index is 13.0. The van der Waals surface area contributed by atoms with Crippen LogP contribution >= 0.6 is 0 Å². The van der Waals surface area contributed by atoms with Gasteiger partial charge in [-0.2, -0.15) is 0 Å². The molecule has 3 fully saturated rings. The number of sulfone groups is 1. The zero-order valence-corrected chi connectivity index (χ0v) is 18.6. The summed E-state index contributed by atoms with van der Waals surface area (Å²) in [6.07, 6.45) is 1.79. The van der Waals surface area contributed by atoms with Gasteiger partial charge in [-0.1, -0.05) is 17.7 Å². The van der Waals surface area contributed by atoms with Crippen molar-refractivity contribution in [2.75, 3.05) is 36.0 Å². The van der Waals surface area contributed by atoms with Gasteiger partial charge in [-0.25, -0.2) is 8.42 Å². The Morgan fingerprint density at radius 3 is 2.32 bits per heavy atom. The smallest absolute Gasteiger partial charge is 0.228 e. The summed E-state index contributed by atoms with van der Waals surface area (Å²) in [4.78, 5) is 41.4. The van der Waals surface area contributed by atoms with Crippen LogP contribution in [-0.4, -0.2) is 68.2 Å². The summed E-state index contributed by atoms with van der Waals surface area (Å²) in [5, 5.41) is 2.86. The molecule has 1 aromatic carbocycles. The van der Waals surface area contributed by atoms with Gasteiger partial charge in [-0.05, 0) is 38.3 Å². The molecule has 8 nitrogen and oxygen atoms in total. The molecule has 168 valence electrons. The number of carbonyl (C=O) groups excluding carboxylic acids is 3. The Hall–Kier alpha value is -2.42. The second-order valence-corrected chi connectivity index (χ2v) is 11.2. The SMILES string of the molecule is Cc1ccc(N2C[C@@H](C(=O)N3CCC(C(=O)N[C@@H]4CCS(=O)(=O)C4)CC3)CC2=O)cc1. The van der Waals surface area contributed by atoms with Crippen LogP contribution in [0.2, 0.25) is 0 Å². The van der Waals surface area contributed by atoms with Gasteiger partial charge in [0.1, 0.15) is 0 Å². The summed E-state index contributed by atoms with van der Waals surface area (Å²) in [7, 11) is -3.03. The fourth-order valence-electron chi connectivity index (χ4n) is 4.70. The molecule has 2 atom stereocenters. The molecule has 0 radical (unpaired) electrons. The molecule has 9 heteroatoms. The Bertz CT molecular complexity index is 967. The van der Waals surface area contributed by atoms with Crippen LogP contribution in [0.5, 0.6) is 0 Å². The predicted molar refractivity (Wildman–Crippen MR) is 116 cm³/mol. The summed E-state index contributed by atoms with van der Waals surface area (Å²) in [6.45, 7) is 3.34. The molecule has 0 spiro atoms. The minimum Gasteiger partial charge on any atom is -0.352 e. The third kappa shape index (κ3) is 4.92. The normalized spacial score (nSPS) is 26.3. The zero-order chi connectivity index (χ0) is 22.2. The van der Waals surface area contributed by atoms with Crippen molar-refractivity contribution >= 4 is 33.2 Å². The summed E-state index contributed by atoms with van der Waals surface area (Å²) < 4.78 is 23.1. The Labute approximate surface area is 182 Å². The lowest BCUT2D eigenvalue weighted by molar-refractivity contribution is -0.139. The largest absolute Gasteiger partial charge is 0.352 e. The maximum atomic E-state index is 13.0. The van der Waals surface area contributed by atoms with Crippen LogP contribution < -0.4 is 10.2 Å². The van der Waals surface area contributed by atoms with Gasteiger partial charge in [0.2, 0.25) is 17.7 Å². The highest BCUT2D eigenvalue weighted by Crippen LogP contribution is 2.28. The van der Waals surface area contributed by atoms with E-state index in [9.17, 15) is 22.8 Å². The molecule has 3 saturated heterocycles. The lowest BCUT2D eigenvalue weighted by atomic mass is 9.94. The first kappa shape index (κ1) is 21.8. The highest BCUT2D eigenvalue weighted by atomic mass is 32.2. The average Bonchev–Trinajstić information content (AvgIpc) is 3.29. The fourth-order valence-corrected chi connectivity index (χ4v) is 6.37. The van der Waals surface area contributed by atoms with Gasteiger partial charge >= 0.3 is 0 Å². The number of piperidine rings is 1. The summed E-state index contributed by atoms with van der Waals surface area (Å²) in [6, 6.07) is 7.41. The number of hydrogen-bond donors (Lipinski definition) is 1. The summed E-state index contributed by atoms with van der Waals surface area (Å²) in [5.74, 6) is -0.597. The second kappa shape index (κ2) is 8.61. The molecule has 3 amide bonds. The molecule has 0 unspecified atom stereocenters. The maximum Gasteiger partial charge on any atom is 0.228 e. The number of carbonyl (C=O) groups is 3. The van der Waals surface area contributed by atoms with Crippen LogP contribution in [0.15, 0.2) is 24.3 Å². The molecular formula is C22H29N3O5S. The van der Waals surface area contributed by atoms with Gasteiger partial charge in [-0.15, -0.1) is 0 Å². The van der Waals surface area contributed by atoms with Crippen LogP contribution in [0.1, 0.15) is 31.2 Å². The van der Waals surface area contributed by atoms with Crippen molar-refractivity contribution in [2.45, 2.75) is 38.6 Å². The van der Waals surface area contributed by atoms with Crippen molar-refractivity contribution in [1.82, 2.24) is 10.2 Å². The molecule has 4 rings (SSSR count). The van der Waals surface area contributed by atoms with Gasteiger partial charge in [0.25, 0.3) is 0 Å². The standard InChI is InChI=1S/C22H29N3O5S/c1-15-2-4-19(5-3-15)25-13-17(12-20(25)26)22(28)24-9-6-16(7-10-24)21(27)23-18-8-11-31(29,30)14-18/h2-5,16-18H,6-14H2,1H3,(H,23,27)/t17-,18+/m0/s1. The highest BCUT2D eigenvalue weighted by Gasteiger charge is 2.39. The fraction of sp³-hybridized carbons (Fsp3) is 0.591. The first-order valence-electron chi connectivity index (χ1n) is 10.9. The molecule has 1 N–H and O–H groups in total. The molecule has 3 aliphatic rings. The molecule has 0 aliphatic carbocycles. The Balaban J connectivity index is 1.28. The van der Waals surface area contributed by atoms with E-state index in [4.69, 9.17) is 0 Å². The van der Waals surface area contributed by atoms with Gasteiger partial charge in [-0.3, -0.25) is 14.4 Å². The second-order valence-electron chi connectivity index (χ2n) is 8.95. The van der Waals surface area contributed by atoms with E-state index in [2.05, 4.69) is 5.32 Å². The van der Waals surface area contributed by atoms with Gasteiger partial charge in [0.15, 0.2) is 9.84 Å². The quantitative estimate of drug-likeness (QED) is 0.738. The van der Waals surface area contributed by atoms with E-state index in [1.165, 1.54) is 0 Å². The van der Waals surface area contributed by atoms with Crippen molar-refractivity contribution in [3.8, 4) is 0 Å². The van der Waals surface area contributed by atoms with Crippen LogP contribution in [0.3, 0.4) is 0 Å². The predicted octanol–water partition coefficient (Wildman–Crippen LogP) is 0.890. The lowest BCUT2D eigenvalue weighted by Gasteiger charge is -2.33.